The summed E-state index contributed by atoms with van der Waals surface area (Å²) in [6.07, 6.45) is 7.60. The van der Waals surface area contributed by atoms with Gasteiger partial charge in [-0.05, 0) is 0 Å². The van der Waals surface area contributed by atoms with Gasteiger partial charge < -0.3 is 0 Å². The summed E-state index contributed by atoms with van der Waals surface area (Å²) in [6.45, 7) is 7.06. The van der Waals surface area contributed by atoms with Crippen molar-refractivity contribution in [1.29, 1.82) is 0 Å². The van der Waals surface area contributed by atoms with Crippen molar-refractivity contribution >= 4 is 19.2 Å². The third kappa shape index (κ3) is 4.06. The van der Waals surface area contributed by atoms with E-state index < -0.39 is 0 Å². The Morgan fingerprint density at radius 1 is 1.00 bits per heavy atom. The summed E-state index contributed by atoms with van der Waals surface area (Å²) in [5.41, 5.74) is 8.05. The Bertz CT molecular complexity index is 949. The number of rotatable bonds is 7. The van der Waals surface area contributed by atoms with E-state index in [0.717, 1.165) is 8.58 Å². The summed E-state index contributed by atoms with van der Waals surface area (Å²) >= 11 is -0.192. The fraction of sp³-hybridized carbons (Fsp3) is 0.308. The molecule has 2 aromatic rings. The molecule has 0 aromatic heterocycles. The number of hydrogen-bond donors (Lipinski definition) is 0. The van der Waals surface area contributed by atoms with E-state index in [1.807, 2.05) is 3.88 Å². The molecule has 0 fully saturated rings. The minimum atomic E-state index is -0.192. The van der Waals surface area contributed by atoms with Gasteiger partial charge in [-0.1, -0.05) is 0 Å². The third-order valence-electron chi connectivity index (χ3n) is 5.96. The summed E-state index contributed by atoms with van der Waals surface area (Å²) in [5.74, 6) is 0. The van der Waals surface area contributed by atoms with E-state index in [-0.39, 0.29) is 19.2 Å². The van der Waals surface area contributed by atoms with Crippen LogP contribution < -0.4 is 5.30 Å². The van der Waals surface area contributed by atoms with Crippen LogP contribution in [-0.4, -0.2) is 0 Å². The van der Waals surface area contributed by atoms with Crippen molar-refractivity contribution in [2.45, 2.75) is 50.7 Å². The maximum atomic E-state index is 2.48. The molecule has 2 unspecified atom stereocenters. The number of fused-ring (bicyclic) bond motifs is 1. The second-order valence-corrected chi connectivity index (χ2v) is 11.5. The van der Waals surface area contributed by atoms with Crippen LogP contribution in [0.15, 0.2) is 81.3 Å². The van der Waals surface area contributed by atoms with Gasteiger partial charge in [0.2, 0.25) is 0 Å². The summed E-state index contributed by atoms with van der Waals surface area (Å²) in [6, 6.07) is 20.2. The van der Waals surface area contributed by atoms with Crippen LogP contribution >= 0.6 is 8.58 Å². The van der Waals surface area contributed by atoms with Crippen molar-refractivity contribution in [2.24, 2.45) is 0 Å². The van der Waals surface area contributed by atoms with Gasteiger partial charge in [0.1, 0.15) is 0 Å². The standard InChI is InChI=1S/C16H14P.C10H15.Ti/c1-12-11-13-7-5-6-10-15(13)16(12)17-14-8-3-2-4-9-14;1-3-4-7-10-8-5-6-9(10)2;/h2-11,17H,1H3;6H,3-5,7H2,1-2H3;. The van der Waals surface area contributed by atoms with Crippen LogP contribution in [0.4, 0.5) is 0 Å². The normalized spacial score (nSPS) is 19.0. The molecule has 0 amide bonds. The number of benzene rings is 2. The van der Waals surface area contributed by atoms with Crippen LogP contribution in [0, 0.1) is 0 Å². The third-order valence-corrected chi connectivity index (χ3v) is 10.4. The molecule has 4 rings (SSSR count). The van der Waals surface area contributed by atoms with Gasteiger partial charge in [0.05, 0.1) is 0 Å². The van der Waals surface area contributed by atoms with E-state index in [9.17, 15) is 0 Å². The molecule has 0 nitrogen and oxygen atoms in total. The Hall–Kier alpha value is -1.20. The molecule has 2 heteroatoms. The Labute approximate surface area is 180 Å². The summed E-state index contributed by atoms with van der Waals surface area (Å²) in [4.78, 5) is 0. The molecular formula is C26H29PTi. The van der Waals surface area contributed by atoms with Crippen molar-refractivity contribution in [3.05, 3.63) is 92.4 Å². The van der Waals surface area contributed by atoms with Crippen molar-refractivity contribution in [3.63, 3.8) is 0 Å². The SMILES string of the molecule is CCCCC1=[C]([Ti][CH]2C(C)=C(Pc3ccccc3)c3ccccc32)CC=C1C. The fourth-order valence-electron chi connectivity index (χ4n) is 4.35. The van der Waals surface area contributed by atoms with Crippen LogP contribution in [0.2, 0.25) is 0 Å². The Morgan fingerprint density at radius 2 is 1.75 bits per heavy atom. The molecule has 0 saturated carbocycles. The zero-order chi connectivity index (χ0) is 19.5. The molecule has 2 aliphatic rings. The van der Waals surface area contributed by atoms with Gasteiger partial charge >= 0.3 is 181 Å². The molecule has 2 aliphatic carbocycles. The van der Waals surface area contributed by atoms with Gasteiger partial charge in [0.15, 0.2) is 0 Å². The average molecular weight is 420 g/mol. The molecule has 0 radical (unpaired) electrons. The molecule has 0 heterocycles. The first-order valence-electron chi connectivity index (χ1n) is 10.5. The van der Waals surface area contributed by atoms with Gasteiger partial charge in [-0.15, -0.1) is 0 Å². The van der Waals surface area contributed by atoms with Crippen LogP contribution in [0.3, 0.4) is 0 Å². The monoisotopic (exact) mass is 420 g/mol. The van der Waals surface area contributed by atoms with Crippen molar-refractivity contribution in [1.82, 2.24) is 0 Å². The predicted octanol–water partition coefficient (Wildman–Crippen LogP) is 7.35. The zero-order valence-electron chi connectivity index (χ0n) is 17.2. The second kappa shape index (κ2) is 9.08. The Kier molecular flexibility index (Phi) is 6.52. The quantitative estimate of drug-likeness (QED) is 0.324. The topological polar surface area (TPSA) is 0 Å². The van der Waals surface area contributed by atoms with Gasteiger partial charge in [-0.2, -0.15) is 0 Å². The number of hydrogen-bond acceptors (Lipinski definition) is 0. The molecule has 2 atom stereocenters. The van der Waals surface area contributed by atoms with Crippen molar-refractivity contribution in [2.75, 3.05) is 0 Å². The van der Waals surface area contributed by atoms with E-state index >= 15 is 0 Å². The first kappa shape index (κ1) is 20.1. The maximum absolute atomic E-state index is 2.48. The first-order chi connectivity index (χ1) is 13.7. The molecule has 0 aliphatic heterocycles. The molecule has 0 saturated heterocycles. The van der Waals surface area contributed by atoms with E-state index in [4.69, 9.17) is 0 Å². The van der Waals surface area contributed by atoms with Crippen LogP contribution in [0.5, 0.6) is 0 Å². The van der Waals surface area contributed by atoms with Crippen molar-refractivity contribution in [3.8, 4) is 0 Å². The summed E-state index contributed by atoms with van der Waals surface area (Å²) < 4.78 is 2.49. The molecule has 142 valence electrons. The van der Waals surface area contributed by atoms with E-state index in [1.54, 1.807) is 27.6 Å². The van der Waals surface area contributed by atoms with Gasteiger partial charge in [0.25, 0.3) is 0 Å². The Balaban J connectivity index is 1.66. The number of allylic oxidation sites excluding steroid dienone is 5. The number of unbranched alkanes of at least 4 members (excludes halogenated alkanes) is 1. The van der Waals surface area contributed by atoms with Gasteiger partial charge in [0, 0.05) is 0 Å². The first-order valence-corrected chi connectivity index (χ1v) is 13.1. The fourth-order valence-corrected chi connectivity index (χ4v) is 8.78. The van der Waals surface area contributed by atoms with E-state index in [0.29, 0.717) is 4.22 Å². The van der Waals surface area contributed by atoms with E-state index in [1.165, 1.54) is 36.6 Å². The molecule has 28 heavy (non-hydrogen) atoms. The van der Waals surface area contributed by atoms with E-state index in [2.05, 4.69) is 81.4 Å². The zero-order valence-corrected chi connectivity index (χ0v) is 19.7. The second-order valence-electron chi connectivity index (χ2n) is 7.87. The molecular weight excluding hydrogens is 391 g/mol. The van der Waals surface area contributed by atoms with Crippen molar-refractivity contribution < 1.29 is 19.2 Å². The molecule has 0 spiro atoms. The molecule has 2 aromatic carbocycles. The predicted molar refractivity (Wildman–Crippen MR) is 121 cm³/mol. The Morgan fingerprint density at radius 3 is 2.54 bits per heavy atom. The van der Waals surface area contributed by atoms with Crippen LogP contribution in [0.1, 0.15) is 61.8 Å². The van der Waals surface area contributed by atoms with Gasteiger partial charge in [-0.3, -0.25) is 0 Å². The molecule has 0 bridgehead atoms. The minimum absolute atomic E-state index is 0.192. The molecule has 0 N–H and O–H groups in total. The summed E-state index contributed by atoms with van der Waals surface area (Å²) in [7, 11) is 0.765. The summed E-state index contributed by atoms with van der Waals surface area (Å²) in [5, 5.41) is 3.06. The van der Waals surface area contributed by atoms with Gasteiger partial charge in [-0.25, -0.2) is 0 Å². The average Bonchev–Trinajstić information content (AvgIpc) is 3.20. The van der Waals surface area contributed by atoms with Crippen LogP contribution in [0.25, 0.3) is 5.31 Å². The van der Waals surface area contributed by atoms with Crippen LogP contribution in [-0.2, 0) is 19.2 Å².